The lowest BCUT2D eigenvalue weighted by molar-refractivity contribution is -0.384. The molecule has 1 aliphatic rings. The fourth-order valence-electron chi connectivity index (χ4n) is 2.96. The van der Waals surface area contributed by atoms with E-state index >= 15 is 0 Å². The van der Waals surface area contributed by atoms with Gasteiger partial charge in [0.25, 0.3) is 5.69 Å². The van der Waals surface area contributed by atoms with Crippen LogP contribution in [-0.4, -0.2) is 23.5 Å². The van der Waals surface area contributed by atoms with Gasteiger partial charge in [-0.25, -0.2) is 4.79 Å². The molecule has 11 heteroatoms. The molecule has 2 aromatic carbocycles. The van der Waals surface area contributed by atoms with E-state index in [0.717, 1.165) is 5.69 Å². The number of hydrogen-bond acceptors (Lipinski definition) is 6. The Morgan fingerprint density at radius 3 is 2.70 bits per heavy atom. The summed E-state index contributed by atoms with van der Waals surface area (Å²) in [5, 5.41) is 27.6. The van der Waals surface area contributed by atoms with Crippen molar-refractivity contribution < 1.29 is 14.1 Å². The zero-order valence-electron chi connectivity index (χ0n) is 15.3. The molecule has 0 bridgehead atoms. The topological polar surface area (TPSA) is 137 Å². The zero-order chi connectivity index (χ0) is 21.3. The Morgan fingerprint density at radius 2 is 1.97 bits per heavy atom. The average molecular weight is 427 g/mol. The molecule has 1 aliphatic heterocycles. The quantitative estimate of drug-likeness (QED) is 0.352. The minimum atomic E-state index is -0.597. The maximum Gasteiger partial charge on any atom is 0.323 e. The number of non-ortho nitro benzene ring substituents is 1. The molecule has 1 aromatic heterocycles. The zero-order valence-corrected chi connectivity index (χ0v) is 16.1. The van der Waals surface area contributed by atoms with Gasteiger partial charge in [-0.05, 0) is 36.4 Å². The average Bonchev–Trinajstić information content (AvgIpc) is 3.20. The van der Waals surface area contributed by atoms with E-state index < -0.39 is 11.0 Å². The first-order chi connectivity index (χ1) is 14.4. The molecule has 30 heavy (non-hydrogen) atoms. The molecule has 2 heterocycles. The molecule has 3 aromatic rings. The van der Waals surface area contributed by atoms with Gasteiger partial charge in [-0.15, -0.1) is 0 Å². The number of furan rings is 1. The summed E-state index contributed by atoms with van der Waals surface area (Å²) in [5.74, 6) is 0.863. The number of halogens is 1. The summed E-state index contributed by atoms with van der Waals surface area (Å²) in [4.78, 5) is 24.3. The number of carbonyl (C=O) groups excluding carboxylic acids is 1. The Morgan fingerprint density at radius 1 is 1.20 bits per heavy atom. The van der Waals surface area contributed by atoms with Gasteiger partial charge in [0.15, 0.2) is 0 Å². The van der Waals surface area contributed by atoms with Crippen LogP contribution in [-0.2, 0) is 0 Å². The van der Waals surface area contributed by atoms with E-state index in [0.29, 0.717) is 29.6 Å². The highest BCUT2D eigenvalue weighted by molar-refractivity contribution is 6.33. The van der Waals surface area contributed by atoms with Crippen molar-refractivity contribution in [2.75, 3.05) is 27.5 Å². The minimum Gasteiger partial charge on any atom is -0.448 e. The standard InChI is InChI=1S/C19H15ClN6O4/c20-15-6-5-13(26(28)29)9-16(15)24-19(27)23-11-1-3-12(4-2-11)25-10-22-18-14(17(25)21)7-8-30-18/h1-9,21-22H,10H2,(H2,23,24,27). The van der Waals surface area contributed by atoms with Gasteiger partial charge < -0.3 is 25.3 Å². The first kappa shape index (κ1) is 19.3. The molecule has 0 saturated heterocycles. The van der Waals surface area contributed by atoms with Gasteiger partial charge in [0, 0.05) is 23.5 Å². The van der Waals surface area contributed by atoms with E-state index in [9.17, 15) is 14.9 Å². The molecule has 2 amide bonds. The molecular formula is C19H15ClN6O4. The first-order valence-corrected chi connectivity index (χ1v) is 9.10. The highest BCUT2D eigenvalue weighted by atomic mass is 35.5. The predicted octanol–water partition coefficient (Wildman–Crippen LogP) is 4.70. The Bertz CT molecular complexity index is 1140. The number of fused-ring (bicyclic) bond motifs is 1. The number of nitrogens with one attached hydrogen (secondary N) is 4. The maximum atomic E-state index is 12.2. The molecule has 0 aliphatic carbocycles. The van der Waals surface area contributed by atoms with Gasteiger partial charge in [-0.2, -0.15) is 0 Å². The van der Waals surface area contributed by atoms with Crippen LogP contribution in [0.5, 0.6) is 0 Å². The summed E-state index contributed by atoms with van der Waals surface area (Å²) in [5.41, 5.74) is 1.86. The van der Waals surface area contributed by atoms with Crippen LogP contribution in [0.15, 0.2) is 59.2 Å². The van der Waals surface area contributed by atoms with Crippen LogP contribution >= 0.6 is 11.6 Å². The smallest absolute Gasteiger partial charge is 0.323 e. The highest BCUT2D eigenvalue weighted by Crippen LogP contribution is 2.29. The molecule has 0 unspecified atom stereocenters. The highest BCUT2D eigenvalue weighted by Gasteiger charge is 2.24. The summed E-state index contributed by atoms with van der Waals surface area (Å²) in [6.45, 7) is 0.373. The van der Waals surface area contributed by atoms with Crippen LogP contribution in [0.25, 0.3) is 0 Å². The van der Waals surface area contributed by atoms with Crippen LogP contribution in [0, 0.1) is 15.5 Å². The molecule has 0 fully saturated rings. The summed E-state index contributed by atoms with van der Waals surface area (Å²) in [6.07, 6.45) is 1.52. The fourth-order valence-corrected chi connectivity index (χ4v) is 3.13. The number of anilines is 4. The van der Waals surface area contributed by atoms with Crippen molar-refractivity contribution in [2.45, 2.75) is 0 Å². The monoisotopic (exact) mass is 426 g/mol. The van der Waals surface area contributed by atoms with E-state index in [-0.39, 0.29) is 16.4 Å². The summed E-state index contributed by atoms with van der Waals surface area (Å²) in [6, 6.07) is 11.8. The number of urea groups is 1. The van der Waals surface area contributed by atoms with Gasteiger partial charge in [-0.3, -0.25) is 15.5 Å². The maximum absolute atomic E-state index is 12.2. The van der Waals surface area contributed by atoms with Crippen molar-refractivity contribution in [3.63, 3.8) is 0 Å². The number of nitro groups is 1. The van der Waals surface area contributed by atoms with Crippen molar-refractivity contribution >= 4 is 52.1 Å². The number of rotatable bonds is 4. The second-order valence-electron chi connectivity index (χ2n) is 6.32. The lowest BCUT2D eigenvalue weighted by atomic mass is 10.2. The number of amidine groups is 1. The van der Waals surface area contributed by atoms with Gasteiger partial charge in [0.1, 0.15) is 5.84 Å². The van der Waals surface area contributed by atoms with Crippen molar-refractivity contribution in [1.29, 1.82) is 5.41 Å². The van der Waals surface area contributed by atoms with Gasteiger partial charge in [0.05, 0.1) is 34.1 Å². The number of nitrogens with zero attached hydrogens (tertiary/aromatic N) is 2. The molecule has 0 radical (unpaired) electrons. The SMILES string of the molecule is N=C1c2ccoc2NCN1c1ccc(NC(=O)Nc2cc([N+](=O)[O-])ccc2Cl)cc1. The fraction of sp³-hybridized carbons (Fsp3) is 0.0526. The lowest BCUT2D eigenvalue weighted by Gasteiger charge is -2.29. The molecule has 4 rings (SSSR count). The summed E-state index contributed by atoms with van der Waals surface area (Å²) < 4.78 is 5.27. The van der Waals surface area contributed by atoms with Gasteiger partial charge >= 0.3 is 6.03 Å². The Kier molecular flexibility index (Phi) is 4.98. The number of amides is 2. The van der Waals surface area contributed by atoms with Crippen molar-refractivity contribution in [1.82, 2.24) is 0 Å². The van der Waals surface area contributed by atoms with Crippen LogP contribution in [0.2, 0.25) is 5.02 Å². The lowest BCUT2D eigenvalue weighted by Crippen LogP contribution is -2.39. The second kappa shape index (κ2) is 7.76. The van der Waals surface area contributed by atoms with E-state index in [2.05, 4.69) is 16.0 Å². The minimum absolute atomic E-state index is 0.128. The third-order valence-electron chi connectivity index (χ3n) is 4.43. The Balaban J connectivity index is 1.43. The van der Waals surface area contributed by atoms with Gasteiger partial charge in [0.2, 0.25) is 5.88 Å². The predicted molar refractivity (Wildman–Crippen MR) is 114 cm³/mol. The number of carbonyl (C=O) groups is 1. The molecule has 10 nitrogen and oxygen atoms in total. The van der Waals surface area contributed by atoms with Crippen LogP contribution in [0.1, 0.15) is 5.56 Å². The van der Waals surface area contributed by atoms with Crippen LogP contribution in [0.4, 0.5) is 33.4 Å². The Labute approximate surface area is 175 Å². The van der Waals surface area contributed by atoms with Gasteiger partial charge in [-0.1, -0.05) is 11.6 Å². The van der Waals surface area contributed by atoms with E-state index in [1.165, 1.54) is 24.5 Å². The molecule has 0 spiro atoms. The molecule has 0 atom stereocenters. The molecule has 152 valence electrons. The number of hydrogen-bond donors (Lipinski definition) is 4. The Hall–Kier alpha value is -4.05. The first-order valence-electron chi connectivity index (χ1n) is 8.72. The van der Waals surface area contributed by atoms with Crippen LogP contribution in [0.3, 0.4) is 0 Å². The second-order valence-corrected chi connectivity index (χ2v) is 6.73. The summed E-state index contributed by atoms with van der Waals surface area (Å²) >= 11 is 5.99. The van der Waals surface area contributed by atoms with Crippen molar-refractivity contribution in [3.05, 3.63) is 75.5 Å². The number of nitro benzene ring substituents is 1. The summed E-state index contributed by atoms with van der Waals surface area (Å²) in [7, 11) is 0. The van der Waals surface area contributed by atoms with Crippen molar-refractivity contribution in [3.8, 4) is 0 Å². The van der Waals surface area contributed by atoms with Crippen molar-refractivity contribution in [2.24, 2.45) is 0 Å². The van der Waals surface area contributed by atoms with E-state index in [4.69, 9.17) is 21.4 Å². The van der Waals surface area contributed by atoms with E-state index in [1.807, 2.05) is 0 Å². The number of benzene rings is 2. The molecule has 4 N–H and O–H groups in total. The largest absolute Gasteiger partial charge is 0.448 e. The molecular weight excluding hydrogens is 412 g/mol. The third-order valence-corrected chi connectivity index (χ3v) is 4.76. The van der Waals surface area contributed by atoms with Crippen LogP contribution < -0.4 is 20.9 Å². The third kappa shape index (κ3) is 3.76. The molecule has 0 saturated carbocycles. The normalized spacial score (nSPS) is 12.7. The van der Waals surface area contributed by atoms with E-state index in [1.54, 1.807) is 35.2 Å².